The predicted molar refractivity (Wildman–Crippen MR) is 120 cm³/mol. The molecule has 0 fully saturated rings. The third kappa shape index (κ3) is 3.94. The fraction of sp³-hybridized carbons (Fsp3) is 0.273. The Morgan fingerprint density at radius 2 is 2.00 bits per heavy atom. The van der Waals surface area contributed by atoms with Gasteiger partial charge in [-0.2, -0.15) is 4.52 Å². The number of fused-ring (bicyclic) bond motifs is 2. The number of pyridine rings is 2. The Labute approximate surface area is 192 Å². The Morgan fingerprint density at radius 3 is 2.76 bits per heavy atom. The molecule has 0 spiro atoms. The van der Waals surface area contributed by atoms with Gasteiger partial charge in [-0.1, -0.05) is 5.16 Å². The van der Waals surface area contributed by atoms with Crippen molar-refractivity contribution in [2.24, 2.45) is 0 Å². The fourth-order valence-corrected chi connectivity index (χ4v) is 3.47. The van der Waals surface area contributed by atoms with Gasteiger partial charge in [0.15, 0.2) is 17.1 Å². The van der Waals surface area contributed by atoms with Gasteiger partial charge in [0.2, 0.25) is 5.82 Å². The lowest BCUT2D eigenvalue weighted by Gasteiger charge is -2.10. The van der Waals surface area contributed by atoms with Crippen molar-refractivity contribution in [3.05, 3.63) is 58.3 Å². The zero-order valence-electron chi connectivity index (χ0n) is 18.8. The Morgan fingerprint density at radius 1 is 1.12 bits per heavy atom. The Balaban J connectivity index is 1.43. The molecule has 174 valence electrons. The van der Waals surface area contributed by atoms with Crippen LogP contribution in [0.25, 0.3) is 28.1 Å². The van der Waals surface area contributed by atoms with Crippen LogP contribution in [0, 0.1) is 6.92 Å². The first-order chi connectivity index (χ1) is 16.6. The maximum Gasteiger partial charge on any atom is 0.275 e. The van der Waals surface area contributed by atoms with E-state index < -0.39 is 0 Å². The van der Waals surface area contributed by atoms with Crippen LogP contribution in [0.4, 0.5) is 0 Å². The molecule has 0 amide bonds. The number of aryl methyl sites for hydroxylation is 1. The summed E-state index contributed by atoms with van der Waals surface area (Å²) in [5.41, 5.74) is 2.06. The second-order valence-electron chi connectivity index (χ2n) is 7.47. The minimum Gasteiger partial charge on any atom is -0.491 e. The van der Waals surface area contributed by atoms with Gasteiger partial charge in [0, 0.05) is 32.0 Å². The van der Waals surface area contributed by atoms with Gasteiger partial charge in [0.05, 0.1) is 30.3 Å². The van der Waals surface area contributed by atoms with Crippen molar-refractivity contribution in [3.63, 3.8) is 0 Å². The highest BCUT2D eigenvalue weighted by Crippen LogP contribution is 2.28. The van der Waals surface area contributed by atoms with Gasteiger partial charge < -0.3 is 23.3 Å². The van der Waals surface area contributed by atoms with Crippen molar-refractivity contribution >= 4 is 16.6 Å². The molecule has 0 N–H and O–H groups in total. The molecule has 0 unspecified atom stereocenters. The van der Waals surface area contributed by atoms with E-state index >= 15 is 0 Å². The Kier molecular flexibility index (Phi) is 5.64. The Hall–Kier alpha value is -4.32. The van der Waals surface area contributed by atoms with Gasteiger partial charge in [0.1, 0.15) is 12.4 Å². The summed E-state index contributed by atoms with van der Waals surface area (Å²) in [6.45, 7) is 2.83. The van der Waals surface area contributed by atoms with Crippen LogP contribution in [0.2, 0.25) is 0 Å². The zero-order chi connectivity index (χ0) is 23.7. The molecule has 5 heterocycles. The van der Waals surface area contributed by atoms with E-state index in [4.69, 9.17) is 18.7 Å². The lowest BCUT2D eigenvalue weighted by atomic mass is 10.2. The van der Waals surface area contributed by atoms with Gasteiger partial charge in [-0.3, -0.25) is 4.79 Å². The first kappa shape index (κ1) is 21.5. The van der Waals surface area contributed by atoms with Gasteiger partial charge in [0.25, 0.3) is 11.4 Å². The van der Waals surface area contributed by atoms with Crippen LogP contribution in [-0.4, -0.2) is 55.3 Å². The highest BCUT2D eigenvalue weighted by atomic mass is 16.5. The molecule has 0 aliphatic carbocycles. The lowest BCUT2D eigenvalue weighted by molar-refractivity contribution is 0.186. The van der Waals surface area contributed by atoms with Crippen LogP contribution in [-0.2, 0) is 17.9 Å². The third-order valence-electron chi connectivity index (χ3n) is 5.18. The fourth-order valence-electron chi connectivity index (χ4n) is 3.47. The summed E-state index contributed by atoms with van der Waals surface area (Å²) in [7, 11) is 3.11. The van der Waals surface area contributed by atoms with Gasteiger partial charge in [-0.25, -0.2) is 4.98 Å². The number of nitrogens with zero attached hydrogens (tertiary/aromatic N) is 7. The highest BCUT2D eigenvalue weighted by Gasteiger charge is 2.18. The van der Waals surface area contributed by atoms with E-state index in [0.717, 1.165) is 0 Å². The second kappa shape index (κ2) is 8.90. The van der Waals surface area contributed by atoms with Crippen LogP contribution >= 0.6 is 0 Å². The first-order valence-electron chi connectivity index (χ1n) is 10.4. The predicted octanol–water partition coefficient (Wildman–Crippen LogP) is 2.03. The number of ether oxygens (including phenoxy) is 3. The SMILES string of the molecule is COCCn1ccc2nc(COc3nn4c(-c5cc(C)on5)nnc4cc3OC)ccc2c1=O. The number of hydrogen-bond acceptors (Lipinski definition) is 10. The molecule has 0 radical (unpaired) electrons. The van der Waals surface area contributed by atoms with E-state index in [0.29, 0.717) is 58.4 Å². The van der Waals surface area contributed by atoms with Crippen LogP contribution in [0.3, 0.4) is 0 Å². The highest BCUT2D eigenvalue weighted by molar-refractivity contribution is 5.77. The molecule has 5 rings (SSSR count). The van der Waals surface area contributed by atoms with Crippen LogP contribution in [0.15, 0.2) is 45.8 Å². The largest absolute Gasteiger partial charge is 0.491 e. The van der Waals surface area contributed by atoms with E-state index in [1.807, 2.05) is 0 Å². The average Bonchev–Trinajstić information content (AvgIpc) is 3.47. The van der Waals surface area contributed by atoms with Crippen LogP contribution in [0.5, 0.6) is 11.6 Å². The molecule has 34 heavy (non-hydrogen) atoms. The molecule has 0 aliphatic heterocycles. The number of methoxy groups -OCH3 is 2. The molecule has 0 saturated carbocycles. The van der Waals surface area contributed by atoms with E-state index in [2.05, 4.69) is 25.4 Å². The third-order valence-corrected chi connectivity index (χ3v) is 5.18. The summed E-state index contributed by atoms with van der Waals surface area (Å²) in [4.78, 5) is 17.2. The monoisotopic (exact) mass is 463 g/mol. The molecule has 0 bridgehead atoms. The number of aromatic nitrogens is 7. The number of hydrogen-bond donors (Lipinski definition) is 0. The maximum absolute atomic E-state index is 12.6. The van der Waals surface area contributed by atoms with Crippen LogP contribution in [0.1, 0.15) is 11.5 Å². The molecule has 0 aromatic carbocycles. The molecule has 5 aromatic heterocycles. The zero-order valence-corrected chi connectivity index (χ0v) is 18.8. The Bertz CT molecular complexity index is 1540. The summed E-state index contributed by atoms with van der Waals surface area (Å²) in [5.74, 6) is 1.68. The smallest absolute Gasteiger partial charge is 0.275 e. The van der Waals surface area contributed by atoms with E-state index in [1.165, 1.54) is 11.6 Å². The standard InChI is InChI=1S/C22H21N7O5/c1-13-10-17(27-34-13)20-25-24-19-11-18(32-3)21(26-29(19)20)33-12-14-4-5-15-16(23-14)6-7-28(22(15)30)8-9-31-2/h4-7,10-11H,8-9,12H2,1-3H3. The molecular weight excluding hydrogens is 442 g/mol. The van der Waals surface area contributed by atoms with E-state index in [9.17, 15) is 4.79 Å². The van der Waals surface area contributed by atoms with Crippen molar-refractivity contribution in [2.45, 2.75) is 20.1 Å². The van der Waals surface area contributed by atoms with Crippen molar-refractivity contribution in [2.75, 3.05) is 20.8 Å². The second-order valence-corrected chi connectivity index (χ2v) is 7.47. The minimum absolute atomic E-state index is 0.109. The number of rotatable bonds is 8. The summed E-state index contributed by atoms with van der Waals surface area (Å²) in [6, 6.07) is 8.69. The topological polar surface area (TPSA) is 132 Å². The summed E-state index contributed by atoms with van der Waals surface area (Å²) in [5, 5.41) is 17.3. The van der Waals surface area contributed by atoms with Crippen molar-refractivity contribution in [1.29, 1.82) is 0 Å². The summed E-state index contributed by atoms with van der Waals surface area (Å²) >= 11 is 0. The normalized spacial score (nSPS) is 11.4. The van der Waals surface area contributed by atoms with E-state index in [1.54, 1.807) is 55.1 Å². The molecule has 5 aromatic rings. The molecule has 0 saturated heterocycles. The first-order valence-corrected chi connectivity index (χ1v) is 10.4. The molecule has 0 aliphatic rings. The lowest BCUT2D eigenvalue weighted by Crippen LogP contribution is -2.22. The molecular formula is C22H21N7O5. The summed E-state index contributed by atoms with van der Waals surface area (Å²) < 4.78 is 24.6. The van der Waals surface area contributed by atoms with Crippen molar-refractivity contribution < 1.29 is 18.7 Å². The molecule has 0 atom stereocenters. The van der Waals surface area contributed by atoms with Crippen molar-refractivity contribution in [1.82, 2.24) is 34.5 Å². The quantitative estimate of drug-likeness (QED) is 0.337. The summed E-state index contributed by atoms with van der Waals surface area (Å²) in [6.07, 6.45) is 1.71. The molecule has 12 heteroatoms. The van der Waals surface area contributed by atoms with Crippen molar-refractivity contribution in [3.8, 4) is 23.1 Å². The van der Waals surface area contributed by atoms with Gasteiger partial charge in [-0.05, 0) is 25.1 Å². The van der Waals surface area contributed by atoms with Gasteiger partial charge >= 0.3 is 0 Å². The van der Waals surface area contributed by atoms with Gasteiger partial charge in [-0.15, -0.1) is 15.3 Å². The van der Waals surface area contributed by atoms with E-state index in [-0.39, 0.29) is 18.0 Å². The average molecular weight is 463 g/mol. The molecule has 12 nitrogen and oxygen atoms in total. The maximum atomic E-state index is 12.6. The minimum atomic E-state index is -0.119. The van der Waals surface area contributed by atoms with Crippen LogP contribution < -0.4 is 15.0 Å².